The zero-order valence-corrected chi connectivity index (χ0v) is 9.07. The number of nitrogens with zero attached hydrogens (tertiary/aromatic N) is 1. The molecule has 1 aliphatic heterocycles. The lowest BCUT2D eigenvalue weighted by atomic mass is 10.5. The Hall–Kier alpha value is 0.0600. The summed E-state index contributed by atoms with van der Waals surface area (Å²) in [6.07, 6.45) is -0.334. The van der Waals surface area contributed by atoms with Gasteiger partial charge < -0.3 is 9.79 Å². The Morgan fingerprint density at radius 3 is 2.62 bits per heavy atom. The quantitative estimate of drug-likeness (QED) is 0.536. The van der Waals surface area contributed by atoms with E-state index < -0.39 is 7.60 Å². The second-order valence-electron chi connectivity index (χ2n) is 2.49. The molecule has 1 heterocycles. The summed E-state index contributed by atoms with van der Waals surface area (Å²) in [7, 11) is -4.03. The van der Waals surface area contributed by atoms with Gasteiger partial charge in [-0.25, -0.2) is 0 Å². The van der Waals surface area contributed by atoms with Crippen LogP contribution in [0.5, 0.6) is 0 Å². The monoisotopic (exact) mass is 241 g/mol. The Bertz CT molecular complexity index is 272. The molecular weight excluding hydrogens is 233 g/mol. The van der Waals surface area contributed by atoms with Gasteiger partial charge in [0.25, 0.3) is 0 Å². The zero-order chi connectivity index (χ0) is 10.1. The molecule has 5 nitrogen and oxygen atoms in total. The van der Waals surface area contributed by atoms with Gasteiger partial charge >= 0.3 is 7.60 Å². The van der Waals surface area contributed by atoms with Gasteiger partial charge in [-0.3, -0.25) is 14.3 Å². The summed E-state index contributed by atoms with van der Waals surface area (Å²) in [6.45, 7) is 0.00887. The lowest BCUT2D eigenvalue weighted by Gasteiger charge is -2.14. The van der Waals surface area contributed by atoms with Crippen molar-refractivity contribution in [2.45, 2.75) is 0 Å². The highest BCUT2D eigenvalue weighted by atomic mass is 32.2. The van der Waals surface area contributed by atoms with E-state index in [-0.39, 0.29) is 24.4 Å². The molecule has 0 unspecified atom stereocenters. The molecule has 0 atom stereocenters. The molecule has 0 aromatic rings. The van der Waals surface area contributed by atoms with Crippen molar-refractivity contribution in [3.63, 3.8) is 0 Å². The van der Waals surface area contributed by atoms with Gasteiger partial charge in [0.05, 0.1) is 11.9 Å². The molecule has 1 amide bonds. The average molecular weight is 241 g/mol. The normalized spacial score (nSPS) is 18.5. The van der Waals surface area contributed by atoms with Gasteiger partial charge in [0, 0.05) is 6.54 Å². The fraction of sp³-hybridized carbons (Fsp3) is 0.600. The number of hydrogen-bond donors (Lipinski definition) is 2. The van der Waals surface area contributed by atoms with E-state index in [0.717, 1.165) is 0 Å². The van der Waals surface area contributed by atoms with Crippen LogP contribution in [0.3, 0.4) is 0 Å². The van der Waals surface area contributed by atoms with E-state index in [9.17, 15) is 9.36 Å². The van der Waals surface area contributed by atoms with Crippen LogP contribution in [0, 0.1) is 0 Å². The van der Waals surface area contributed by atoms with Crippen LogP contribution in [0.1, 0.15) is 0 Å². The molecule has 0 spiro atoms. The lowest BCUT2D eigenvalue weighted by molar-refractivity contribution is -0.123. The molecule has 2 N–H and O–H groups in total. The predicted octanol–water partition coefficient (Wildman–Crippen LogP) is 0.0244. The predicted molar refractivity (Wildman–Crippen MR) is 53.7 cm³/mol. The topological polar surface area (TPSA) is 77.8 Å². The molecule has 0 aromatic heterocycles. The summed E-state index contributed by atoms with van der Waals surface area (Å²) in [5.41, 5.74) is 0. The second kappa shape index (κ2) is 4.06. The average Bonchev–Trinajstić information content (AvgIpc) is 2.27. The highest BCUT2D eigenvalue weighted by Crippen LogP contribution is 2.34. The van der Waals surface area contributed by atoms with E-state index in [1.807, 2.05) is 0 Å². The van der Waals surface area contributed by atoms with Crippen LogP contribution in [0.25, 0.3) is 0 Å². The summed E-state index contributed by atoms with van der Waals surface area (Å²) >= 11 is 6.04. The molecule has 74 valence electrons. The van der Waals surface area contributed by atoms with Crippen LogP contribution >= 0.6 is 31.6 Å². The van der Waals surface area contributed by atoms with Crippen molar-refractivity contribution in [1.82, 2.24) is 4.90 Å². The SMILES string of the molecule is O=C1CSC(=S)N1CCP(=O)(O)O. The number of thioether (sulfide) groups is 1. The van der Waals surface area contributed by atoms with Gasteiger partial charge in [-0.2, -0.15) is 0 Å². The maximum Gasteiger partial charge on any atom is 0.327 e. The summed E-state index contributed by atoms with van der Waals surface area (Å²) < 4.78 is 10.9. The molecule has 0 saturated carbocycles. The van der Waals surface area contributed by atoms with E-state index in [0.29, 0.717) is 4.32 Å². The summed E-state index contributed by atoms with van der Waals surface area (Å²) in [5.74, 6) is 0.100. The van der Waals surface area contributed by atoms with Crippen molar-refractivity contribution in [3.8, 4) is 0 Å². The maximum atomic E-state index is 11.1. The highest BCUT2D eigenvalue weighted by molar-refractivity contribution is 8.23. The first-order valence-electron chi connectivity index (χ1n) is 3.42. The van der Waals surface area contributed by atoms with E-state index in [2.05, 4.69) is 0 Å². The molecule has 0 aromatic carbocycles. The molecule has 0 radical (unpaired) electrons. The van der Waals surface area contributed by atoms with Crippen molar-refractivity contribution in [2.24, 2.45) is 0 Å². The Labute approximate surface area is 84.6 Å². The van der Waals surface area contributed by atoms with Crippen LogP contribution < -0.4 is 0 Å². The smallest absolute Gasteiger partial charge is 0.324 e. The van der Waals surface area contributed by atoms with Crippen molar-refractivity contribution in [1.29, 1.82) is 0 Å². The van der Waals surface area contributed by atoms with Crippen molar-refractivity contribution >= 4 is 41.8 Å². The van der Waals surface area contributed by atoms with E-state index >= 15 is 0 Å². The second-order valence-corrected chi connectivity index (χ2v) is 5.87. The fourth-order valence-electron chi connectivity index (χ4n) is 0.827. The van der Waals surface area contributed by atoms with Crippen LogP contribution in [0.2, 0.25) is 0 Å². The van der Waals surface area contributed by atoms with Gasteiger partial charge in [0.2, 0.25) is 5.91 Å². The molecule has 8 heteroatoms. The summed E-state index contributed by atoms with van der Waals surface area (Å²) in [6, 6.07) is 0. The first kappa shape index (κ1) is 11.1. The minimum Gasteiger partial charge on any atom is -0.324 e. The van der Waals surface area contributed by atoms with Crippen molar-refractivity contribution < 1.29 is 19.1 Å². The Morgan fingerprint density at radius 1 is 1.62 bits per heavy atom. The van der Waals surface area contributed by atoms with Crippen molar-refractivity contribution in [3.05, 3.63) is 0 Å². The molecular formula is C5H8NO4PS2. The molecule has 0 bridgehead atoms. The Morgan fingerprint density at radius 2 is 2.23 bits per heavy atom. The summed E-state index contributed by atoms with van der Waals surface area (Å²) in [5, 5.41) is 0. The summed E-state index contributed by atoms with van der Waals surface area (Å²) in [4.78, 5) is 29.4. The van der Waals surface area contributed by atoms with Crippen molar-refractivity contribution in [2.75, 3.05) is 18.5 Å². The van der Waals surface area contributed by atoms with Crippen LogP contribution in [-0.4, -0.2) is 43.4 Å². The minimum atomic E-state index is -4.03. The number of amides is 1. The minimum absolute atomic E-state index is 0.00887. The van der Waals surface area contributed by atoms with Gasteiger partial charge in [-0.1, -0.05) is 24.0 Å². The molecule has 1 saturated heterocycles. The van der Waals surface area contributed by atoms with Gasteiger partial charge in [0.1, 0.15) is 4.32 Å². The molecule has 13 heavy (non-hydrogen) atoms. The van der Waals surface area contributed by atoms with E-state index in [4.69, 9.17) is 22.0 Å². The van der Waals surface area contributed by atoms with Crippen LogP contribution in [0.15, 0.2) is 0 Å². The highest BCUT2D eigenvalue weighted by Gasteiger charge is 2.28. The third kappa shape index (κ3) is 3.36. The number of rotatable bonds is 3. The van der Waals surface area contributed by atoms with Gasteiger partial charge in [-0.15, -0.1) is 0 Å². The number of carbonyl (C=O) groups excluding carboxylic acids is 1. The Kier molecular flexibility index (Phi) is 3.48. The number of thiocarbonyl (C=S) groups is 1. The zero-order valence-electron chi connectivity index (χ0n) is 6.54. The first-order chi connectivity index (χ1) is 5.90. The van der Waals surface area contributed by atoms with Gasteiger partial charge in [0.15, 0.2) is 0 Å². The van der Waals surface area contributed by atoms with E-state index in [1.165, 1.54) is 16.7 Å². The Balaban J connectivity index is 2.49. The fourth-order valence-corrected chi connectivity index (χ4v) is 2.41. The number of hydrogen-bond acceptors (Lipinski definition) is 4. The standard InChI is InChI=1S/C5H8NO4PS2/c7-4-3-13-5(12)6(4)1-2-11(8,9)10/h1-3H2,(H2,8,9,10). The largest absolute Gasteiger partial charge is 0.327 e. The maximum absolute atomic E-state index is 11.1. The third-order valence-corrected chi connectivity index (χ3v) is 3.67. The molecule has 1 aliphatic rings. The first-order valence-corrected chi connectivity index (χ1v) is 6.61. The number of carbonyl (C=O) groups is 1. The molecule has 1 rings (SSSR count). The lowest BCUT2D eigenvalue weighted by Crippen LogP contribution is -2.31. The third-order valence-electron chi connectivity index (χ3n) is 1.46. The van der Waals surface area contributed by atoms with E-state index in [1.54, 1.807) is 0 Å². The van der Waals surface area contributed by atoms with Gasteiger partial charge in [-0.05, 0) is 0 Å². The van der Waals surface area contributed by atoms with Crippen LogP contribution in [0.4, 0.5) is 0 Å². The van der Waals surface area contributed by atoms with Crippen LogP contribution in [-0.2, 0) is 9.36 Å². The molecule has 1 fully saturated rings. The molecule has 0 aliphatic carbocycles.